The summed E-state index contributed by atoms with van der Waals surface area (Å²) in [5.41, 5.74) is 3.89. The van der Waals surface area contributed by atoms with E-state index in [4.69, 9.17) is 0 Å². The zero-order valence-corrected chi connectivity index (χ0v) is 21.7. The van der Waals surface area contributed by atoms with Crippen LogP contribution in [0.5, 0.6) is 5.75 Å². The lowest BCUT2D eigenvalue weighted by atomic mass is 9.67. The Labute approximate surface area is 194 Å². The van der Waals surface area contributed by atoms with Crippen LogP contribution in [-0.2, 0) is 10.8 Å². The number of carboxylic acids is 1. The largest absolute Gasteiger partial charge is 0.507 e. The normalized spacial score (nSPS) is 13.3. The number of benzene rings is 2. The second kappa shape index (κ2) is 8.57. The molecule has 0 amide bonds. The smallest absolute Gasteiger partial charge is 0.335 e. The average molecular weight is 439 g/mol. The van der Waals surface area contributed by atoms with Gasteiger partial charge >= 0.3 is 5.97 Å². The molecule has 2 aromatic rings. The van der Waals surface area contributed by atoms with Gasteiger partial charge in [-0.2, -0.15) is 0 Å². The van der Waals surface area contributed by atoms with E-state index in [2.05, 4.69) is 81.4 Å². The number of hydrogen-bond donors (Lipinski definition) is 2. The van der Waals surface area contributed by atoms with E-state index in [1.54, 1.807) is 12.1 Å². The van der Waals surface area contributed by atoms with Crippen molar-refractivity contribution >= 4 is 5.97 Å². The third-order valence-corrected chi connectivity index (χ3v) is 5.98. The fraction of sp³-hybridized carbons (Fsp3) is 0.552. The molecule has 32 heavy (non-hydrogen) atoms. The molecule has 2 aromatic carbocycles. The monoisotopic (exact) mass is 438 g/mol. The van der Waals surface area contributed by atoms with Crippen LogP contribution >= 0.6 is 0 Å². The highest BCUT2D eigenvalue weighted by molar-refractivity contribution is 5.88. The van der Waals surface area contributed by atoms with Gasteiger partial charge in [-0.15, -0.1) is 0 Å². The Hall–Kier alpha value is -2.29. The zero-order valence-electron chi connectivity index (χ0n) is 21.7. The van der Waals surface area contributed by atoms with Crippen LogP contribution in [0, 0.1) is 10.8 Å². The first kappa shape index (κ1) is 26.0. The average Bonchev–Trinajstić information content (AvgIpc) is 2.57. The fourth-order valence-electron chi connectivity index (χ4n) is 5.48. The molecular formula is C29H42O3. The van der Waals surface area contributed by atoms with Crippen LogP contribution in [0.15, 0.2) is 36.4 Å². The molecule has 0 unspecified atom stereocenters. The van der Waals surface area contributed by atoms with Gasteiger partial charge in [0.15, 0.2) is 0 Å². The molecule has 3 heteroatoms. The van der Waals surface area contributed by atoms with Crippen molar-refractivity contribution in [3.05, 3.63) is 53.1 Å². The zero-order chi connectivity index (χ0) is 24.7. The van der Waals surface area contributed by atoms with Crippen molar-refractivity contribution in [2.24, 2.45) is 10.8 Å². The van der Waals surface area contributed by atoms with E-state index in [0.29, 0.717) is 5.75 Å². The molecule has 0 spiro atoms. The van der Waals surface area contributed by atoms with Crippen LogP contribution in [0.25, 0.3) is 11.1 Å². The van der Waals surface area contributed by atoms with Gasteiger partial charge in [0.05, 0.1) is 5.56 Å². The number of phenolic OH excluding ortho intramolecular Hbond substituents is 1. The third kappa shape index (κ3) is 6.37. The minimum Gasteiger partial charge on any atom is -0.507 e. The summed E-state index contributed by atoms with van der Waals surface area (Å²) in [6.45, 7) is 22.2. The van der Waals surface area contributed by atoms with Crippen LogP contribution in [0.4, 0.5) is 0 Å². The van der Waals surface area contributed by atoms with Crippen LogP contribution < -0.4 is 0 Å². The maximum atomic E-state index is 11.6. The summed E-state index contributed by atoms with van der Waals surface area (Å²) < 4.78 is 0. The van der Waals surface area contributed by atoms with E-state index in [0.717, 1.165) is 35.1 Å². The summed E-state index contributed by atoms with van der Waals surface area (Å²) >= 11 is 0. The Morgan fingerprint density at radius 2 is 1.06 bits per heavy atom. The first-order valence-electron chi connectivity index (χ1n) is 11.5. The molecule has 0 fully saturated rings. The molecule has 0 aliphatic rings. The number of aromatic hydroxyl groups is 1. The van der Waals surface area contributed by atoms with Gasteiger partial charge in [0.1, 0.15) is 5.75 Å². The molecule has 0 atom stereocenters. The van der Waals surface area contributed by atoms with Gasteiger partial charge in [0.2, 0.25) is 0 Å². The van der Waals surface area contributed by atoms with E-state index in [-0.39, 0.29) is 27.2 Å². The maximum Gasteiger partial charge on any atom is 0.335 e. The van der Waals surface area contributed by atoms with Crippen LogP contribution in [0.1, 0.15) is 104 Å². The fourth-order valence-corrected chi connectivity index (χ4v) is 5.48. The highest BCUT2D eigenvalue weighted by atomic mass is 16.4. The van der Waals surface area contributed by atoms with Crippen molar-refractivity contribution < 1.29 is 15.0 Å². The predicted molar refractivity (Wildman–Crippen MR) is 135 cm³/mol. The molecule has 0 aromatic heterocycles. The number of carbonyl (C=O) groups is 1. The molecule has 2 rings (SSSR count). The minimum atomic E-state index is -0.929. The number of rotatable bonds is 6. The van der Waals surface area contributed by atoms with E-state index >= 15 is 0 Å². The molecule has 0 heterocycles. The van der Waals surface area contributed by atoms with Gasteiger partial charge in [-0.05, 0) is 69.9 Å². The van der Waals surface area contributed by atoms with Gasteiger partial charge in [-0.1, -0.05) is 81.4 Å². The molecule has 0 saturated carbocycles. The molecular weight excluding hydrogens is 396 g/mol. The molecule has 0 bridgehead atoms. The van der Waals surface area contributed by atoms with E-state index < -0.39 is 5.97 Å². The van der Waals surface area contributed by atoms with E-state index in [9.17, 15) is 15.0 Å². The van der Waals surface area contributed by atoms with Crippen LogP contribution in [0.2, 0.25) is 0 Å². The van der Waals surface area contributed by atoms with Crippen molar-refractivity contribution in [1.29, 1.82) is 0 Å². The molecule has 0 aliphatic carbocycles. The summed E-state index contributed by atoms with van der Waals surface area (Å²) in [7, 11) is 0. The highest BCUT2D eigenvalue weighted by Crippen LogP contribution is 2.48. The SMILES string of the molecule is CC(C)(C)CC(C)(C)c1cc(-c2ccc(C(=O)O)cc2)cc(C(C)(C)CC(C)(C)C)c1O. The number of phenols is 1. The lowest BCUT2D eigenvalue weighted by Crippen LogP contribution is -2.28. The highest BCUT2D eigenvalue weighted by Gasteiger charge is 2.35. The molecule has 0 radical (unpaired) electrons. The lowest BCUT2D eigenvalue weighted by molar-refractivity contribution is 0.0697. The molecule has 0 saturated heterocycles. The van der Waals surface area contributed by atoms with Gasteiger partial charge in [0.25, 0.3) is 0 Å². The van der Waals surface area contributed by atoms with E-state index in [1.807, 2.05) is 12.1 Å². The lowest BCUT2D eigenvalue weighted by Gasteiger charge is -2.37. The number of hydrogen-bond acceptors (Lipinski definition) is 2. The minimum absolute atomic E-state index is 0.107. The Balaban J connectivity index is 2.76. The standard InChI is InChI=1S/C29H42O3/c1-26(2,3)17-28(7,8)22-15-21(19-11-13-20(14-12-19)25(31)32)16-23(24(22)30)29(9,10)18-27(4,5)6/h11-16,30H,17-18H2,1-10H3,(H,31,32). The van der Waals surface area contributed by atoms with Gasteiger partial charge in [0, 0.05) is 11.1 Å². The first-order valence-corrected chi connectivity index (χ1v) is 11.5. The quantitative estimate of drug-likeness (QED) is 0.478. The van der Waals surface area contributed by atoms with Crippen LogP contribution in [-0.4, -0.2) is 16.2 Å². The molecule has 2 N–H and O–H groups in total. The summed E-state index contributed by atoms with van der Waals surface area (Å²) in [6, 6.07) is 11.2. The number of carboxylic acid groups (broad SMARTS) is 1. The second-order valence-electron chi connectivity index (χ2n) is 13.0. The molecule has 176 valence electrons. The molecule has 0 aliphatic heterocycles. The van der Waals surface area contributed by atoms with Gasteiger partial charge in [-0.25, -0.2) is 4.79 Å². The summed E-state index contributed by atoms with van der Waals surface area (Å²) in [6.07, 6.45) is 1.85. The van der Waals surface area contributed by atoms with Gasteiger partial charge < -0.3 is 10.2 Å². The summed E-state index contributed by atoms with van der Waals surface area (Å²) in [5, 5.41) is 20.8. The van der Waals surface area contributed by atoms with Crippen molar-refractivity contribution in [1.82, 2.24) is 0 Å². The summed E-state index contributed by atoms with van der Waals surface area (Å²) in [4.78, 5) is 11.3. The third-order valence-electron chi connectivity index (χ3n) is 5.98. The Bertz CT molecular complexity index is 916. The van der Waals surface area contributed by atoms with Crippen molar-refractivity contribution in [3.8, 4) is 16.9 Å². The first-order chi connectivity index (χ1) is 14.3. The predicted octanol–water partition coefficient (Wildman–Crippen LogP) is 8.19. The molecule has 3 nitrogen and oxygen atoms in total. The number of aromatic carboxylic acids is 1. The van der Waals surface area contributed by atoms with Crippen molar-refractivity contribution in [3.63, 3.8) is 0 Å². The Kier molecular flexibility index (Phi) is 6.96. The second-order valence-corrected chi connectivity index (χ2v) is 13.0. The van der Waals surface area contributed by atoms with E-state index in [1.165, 1.54) is 0 Å². The maximum absolute atomic E-state index is 11.6. The Morgan fingerprint density at radius 3 is 1.38 bits per heavy atom. The van der Waals surface area contributed by atoms with Crippen LogP contribution in [0.3, 0.4) is 0 Å². The Morgan fingerprint density at radius 1 is 0.688 bits per heavy atom. The topological polar surface area (TPSA) is 57.5 Å². The summed E-state index contributed by atoms with van der Waals surface area (Å²) in [5.74, 6) is -0.541. The van der Waals surface area contributed by atoms with Crippen molar-refractivity contribution in [2.45, 2.75) is 92.9 Å². The van der Waals surface area contributed by atoms with Crippen molar-refractivity contribution in [2.75, 3.05) is 0 Å². The van der Waals surface area contributed by atoms with Gasteiger partial charge in [-0.3, -0.25) is 0 Å².